The van der Waals surface area contributed by atoms with Gasteiger partial charge in [-0.3, -0.25) is 0 Å². The van der Waals surface area contributed by atoms with Crippen molar-refractivity contribution in [2.75, 3.05) is 38.9 Å². The van der Waals surface area contributed by atoms with Crippen molar-refractivity contribution >= 4 is 14.4 Å². The Morgan fingerprint density at radius 2 is 0.844 bits per heavy atom. The summed E-state index contributed by atoms with van der Waals surface area (Å²) in [4.78, 5) is 0. The van der Waals surface area contributed by atoms with Crippen LogP contribution < -0.4 is 0 Å². The fourth-order valence-electron chi connectivity index (χ4n) is 4.97. The third-order valence-corrected chi connectivity index (χ3v) is 15.8. The van der Waals surface area contributed by atoms with E-state index in [1.165, 1.54) is 116 Å². The minimum absolute atomic E-state index is 1.13. The molecular weight excluding hydrogens is 434 g/mol. The fourth-order valence-corrected chi connectivity index (χ4v) is 13.9. The van der Waals surface area contributed by atoms with Crippen molar-refractivity contribution in [1.29, 1.82) is 0 Å². The zero-order valence-corrected chi connectivity index (χ0v) is 24.8. The van der Waals surface area contributed by atoms with Crippen LogP contribution in [0.1, 0.15) is 136 Å². The predicted octanol–water partition coefficient (Wildman–Crippen LogP) is 10.7. The van der Waals surface area contributed by atoms with Crippen molar-refractivity contribution in [3.05, 3.63) is 0 Å². The van der Waals surface area contributed by atoms with E-state index in [2.05, 4.69) is 27.4 Å². The molecule has 0 aliphatic rings. The average molecular weight is 495 g/mol. The third-order valence-electron chi connectivity index (χ3n) is 7.16. The van der Waals surface area contributed by atoms with E-state index < -0.39 is 14.4 Å². The Morgan fingerprint density at radius 1 is 0.562 bits per heavy atom. The SMILES string of the molecule is CCCCCCCCP(C)(CCCCCCCC)(CCCCCCCC)OP(C)(=O)OC. The molecule has 0 saturated carbocycles. The second-order valence-electron chi connectivity index (χ2n) is 10.7. The first-order chi connectivity index (χ1) is 15.2. The summed E-state index contributed by atoms with van der Waals surface area (Å²) in [7, 11) is -1.44. The van der Waals surface area contributed by atoms with Crippen LogP contribution in [0.15, 0.2) is 0 Å². The van der Waals surface area contributed by atoms with Gasteiger partial charge in [-0.15, -0.1) is 0 Å². The van der Waals surface area contributed by atoms with Gasteiger partial charge in [-0.05, 0) is 0 Å². The monoisotopic (exact) mass is 494 g/mol. The van der Waals surface area contributed by atoms with Crippen molar-refractivity contribution in [1.82, 2.24) is 0 Å². The van der Waals surface area contributed by atoms with Gasteiger partial charge in [0.1, 0.15) is 0 Å². The molecule has 1 atom stereocenters. The summed E-state index contributed by atoms with van der Waals surface area (Å²) in [6.07, 6.45) is 26.8. The van der Waals surface area contributed by atoms with Gasteiger partial charge in [0.2, 0.25) is 0 Å². The maximum atomic E-state index is 13.1. The van der Waals surface area contributed by atoms with Gasteiger partial charge < -0.3 is 0 Å². The van der Waals surface area contributed by atoms with Gasteiger partial charge in [0.05, 0.1) is 0 Å². The standard InChI is InChI=1S/C27H60O3P2/c1-7-10-13-16-19-22-25-32(6,30-31(5,28)29-4,26-23-20-17-14-11-8-2)27-24-21-18-15-12-9-3/h7-27H2,1-6H3. The van der Waals surface area contributed by atoms with E-state index in [9.17, 15) is 4.57 Å². The molecule has 0 heterocycles. The molecule has 0 N–H and O–H groups in total. The van der Waals surface area contributed by atoms with Crippen LogP contribution in [-0.2, 0) is 13.4 Å². The van der Waals surface area contributed by atoms with Crippen LogP contribution in [-0.4, -0.2) is 38.9 Å². The molecule has 0 fully saturated rings. The van der Waals surface area contributed by atoms with Gasteiger partial charge in [0.15, 0.2) is 0 Å². The second-order valence-corrected chi connectivity index (χ2v) is 19.0. The molecule has 0 aromatic rings. The topological polar surface area (TPSA) is 35.5 Å². The molecule has 196 valence electrons. The van der Waals surface area contributed by atoms with E-state index in [1.54, 1.807) is 13.8 Å². The summed E-state index contributed by atoms with van der Waals surface area (Å²) >= 11 is 0. The van der Waals surface area contributed by atoms with E-state index in [0.29, 0.717) is 0 Å². The van der Waals surface area contributed by atoms with E-state index in [0.717, 1.165) is 18.5 Å². The fraction of sp³-hybridized carbons (Fsp3) is 1.00. The number of hydrogen-bond donors (Lipinski definition) is 0. The van der Waals surface area contributed by atoms with Gasteiger partial charge in [-0.1, -0.05) is 0 Å². The summed E-state index contributed by atoms with van der Waals surface area (Å²) in [6, 6.07) is 0. The van der Waals surface area contributed by atoms with Crippen molar-refractivity contribution < 1.29 is 13.4 Å². The quantitative estimate of drug-likeness (QED) is 0.0988. The first-order valence-corrected chi connectivity index (χ1v) is 19.2. The van der Waals surface area contributed by atoms with Crippen LogP contribution in [0.2, 0.25) is 0 Å². The summed E-state index contributed by atoms with van der Waals surface area (Å²) in [5, 5.41) is 0. The molecule has 3 nitrogen and oxygen atoms in total. The van der Waals surface area contributed by atoms with Crippen molar-refractivity contribution in [2.45, 2.75) is 136 Å². The van der Waals surface area contributed by atoms with Crippen LogP contribution in [0.5, 0.6) is 0 Å². The van der Waals surface area contributed by atoms with E-state index in [1.807, 2.05) is 0 Å². The number of unbranched alkanes of at least 4 members (excludes halogenated alkanes) is 15. The zero-order valence-electron chi connectivity index (χ0n) is 23.0. The van der Waals surface area contributed by atoms with E-state index in [4.69, 9.17) is 8.83 Å². The number of rotatable bonds is 24. The molecule has 0 aromatic heterocycles. The molecule has 0 radical (unpaired) electrons. The molecule has 0 saturated heterocycles. The van der Waals surface area contributed by atoms with Crippen LogP contribution in [0.4, 0.5) is 0 Å². The van der Waals surface area contributed by atoms with E-state index >= 15 is 0 Å². The van der Waals surface area contributed by atoms with Gasteiger partial charge in [0, 0.05) is 0 Å². The second kappa shape index (κ2) is 18.9. The molecule has 5 heteroatoms. The Bertz CT molecular complexity index is 438. The van der Waals surface area contributed by atoms with Crippen LogP contribution in [0.3, 0.4) is 0 Å². The zero-order chi connectivity index (χ0) is 24.2. The van der Waals surface area contributed by atoms with Crippen LogP contribution in [0, 0.1) is 0 Å². The first-order valence-electron chi connectivity index (χ1n) is 14.1. The van der Waals surface area contributed by atoms with Gasteiger partial charge in [-0.25, -0.2) is 0 Å². The van der Waals surface area contributed by atoms with E-state index in [-0.39, 0.29) is 0 Å². The molecular formula is C27H60O3P2. The first kappa shape index (κ1) is 32.6. The average Bonchev–Trinajstić information content (AvgIpc) is 2.75. The Labute approximate surface area is 203 Å². The minimum atomic E-state index is -3.00. The van der Waals surface area contributed by atoms with Gasteiger partial charge in [-0.2, -0.15) is 0 Å². The summed E-state index contributed by atoms with van der Waals surface area (Å²) in [5.41, 5.74) is 0. The predicted molar refractivity (Wildman–Crippen MR) is 149 cm³/mol. The van der Waals surface area contributed by atoms with Crippen molar-refractivity contribution in [2.24, 2.45) is 0 Å². The Morgan fingerprint density at radius 3 is 1.12 bits per heavy atom. The van der Waals surface area contributed by atoms with Crippen molar-refractivity contribution in [3.63, 3.8) is 0 Å². The molecule has 1 unspecified atom stereocenters. The van der Waals surface area contributed by atoms with Gasteiger partial charge >= 0.3 is 203 Å². The molecule has 0 aliphatic heterocycles. The molecule has 0 amide bonds. The van der Waals surface area contributed by atoms with Crippen molar-refractivity contribution in [3.8, 4) is 0 Å². The van der Waals surface area contributed by atoms with Crippen LogP contribution >= 0.6 is 14.4 Å². The third kappa shape index (κ3) is 16.2. The Balaban J connectivity index is 5.20. The summed E-state index contributed by atoms with van der Waals surface area (Å²) in [6.45, 7) is 8.40. The molecule has 0 rings (SSSR count). The molecule has 0 aliphatic carbocycles. The maximum absolute atomic E-state index is 13.1. The summed E-state index contributed by atoms with van der Waals surface area (Å²) < 4.78 is 25.2. The molecule has 0 bridgehead atoms. The number of hydrogen-bond acceptors (Lipinski definition) is 3. The Hall–Kier alpha value is 0.580. The Kier molecular flexibility index (Phi) is 19.2. The molecule has 0 spiro atoms. The molecule has 0 aromatic carbocycles. The summed E-state index contributed by atoms with van der Waals surface area (Å²) in [5.74, 6) is 0. The molecule has 32 heavy (non-hydrogen) atoms. The normalized spacial score (nSPS) is 15.4. The van der Waals surface area contributed by atoms with Crippen LogP contribution in [0.25, 0.3) is 0 Å². The van der Waals surface area contributed by atoms with Gasteiger partial charge in [0.25, 0.3) is 0 Å².